The summed E-state index contributed by atoms with van der Waals surface area (Å²) in [5, 5.41) is 0. The van der Waals surface area contributed by atoms with Crippen LogP contribution in [0.3, 0.4) is 0 Å². The molecule has 0 radical (unpaired) electrons. The van der Waals surface area contributed by atoms with Crippen LogP contribution in [0.1, 0.15) is 17.4 Å². The van der Waals surface area contributed by atoms with Gasteiger partial charge in [0.2, 0.25) is 0 Å². The van der Waals surface area contributed by atoms with E-state index in [9.17, 15) is 4.79 Å². The molecule has 0 aromatic carbocycles. The monoisotopic (exact) mass is 181 g/mol. The summed E-state index contributed by atoms with van der Waals surface area (Å²) in [6, 6.07) is 3.24. The molecular formula is C9H11NO3. The predicted molar refractivity (Wildman–Crippen MR) is 46.7 cm³/mol. The van der Waals surface area contributed by atoms with E-state index in [2.05, 4.69) is 9.72 Å². The molecule has 1 rings (SSSR count). The lowest BCUT2D eigenvalue weighted by Crippen LogP contribution is -2.04. The van der Waals surface area contributed by atoms with Crippen LogP contribution in [0.4, 0.5) is 0 Å². The lowest BCUT2D eigenvalue weighted by atomic mass is 10.3. The zero-order valence-corrected chi connectivity index (χ0v) is 7.61. The number of nitrogens with zero attached hydrogens (tertiary/aromatic N) is 1. The van der Waals surface area contributed by atoms with E-state index in [1.165, 1.54) is 13.3 Å². The van der Waals surface area contributed by atoms with E-state index in [1.807, 2.05) is 6.92 Å². The van der Waals surface area contributed by atoms with E-state index in [4.69, 9.17) is 4.74 Å². The topological polar surface area (TPSA) is 48.4 Å². The van der Waals surface area contributed by atoms with Crippen LogP contribution in [0.15, 0.2) is 18.3 Å². The second kappa shape index (κ2) is 4.45. The Labute approximate surface area is 76.5 Å². The number of aromatic nitrogens is 1. The van der Waals surface area contributed by atoms with Crippen LogP contribution in [-0.2, 0) is 4.74 Å². The van der Waals surface area contributed by atoms with E-state index in [-0.39, 0.29) is 5.69 Å². The van der Waals surface area contributed by atoms with E-state index in [0.29, 0.717) is 12.4 Å². The Hall–Kier alpha value is -1.58. The molecule has 0 bridgehead atoms. The van der Waals surface area contributed by atoms with Gasteiger partial charge in [-0.15, -0.1) is 0 Å². The van der Waals surface area contributed by atoms with Crippen LogP contribution < -0.4 is 4.74 Å². The number of methoxy groups -OCH3 is 1. The number of esters is 1. The SMILES string of the molecule is CCOc1ccnc(C(=O)OC)c1. The molecule has 0 aliphatic carbocycles. The molecule has 70 valence electrons. The van der Waals surface area contributed by atoms with Gasteiger partial charge in [0.1, 0.15) is 5.75 Å². The molecule has 1 heterocycles. The maximum atomic E-state index is 11.0. The minimum Gasteiger partial charge on any atom is -0.494 e. The number of pyridine rings is 1. The molecule has 0 fully saturated rings. The van der Waals surface area contributed by atoms with E-state index >= 15 is 0 Å². The Morgan fingerprint density at radius 2 is 2.38 bits per heavy atom. The number of rotatable bonds is 3. The number of hydrogen-bond acceptors (Lipinski definition) is 4. The number of hydrogen-bond donors (Lipinski definition) is 0. The van der Waals surface area contributed by atoms with Crippen molar-refractivity contribution < 1.29 is 14.3 Å². The van der Waals surface area contributed by atoms with Crippen LogP contribution in [0.25, 0.3) is 0 Å². The molecule has 0 amide bonds. The van der Waals surface area contributed by atoms with Crippen molar-refractivity contribution in [3.05, 3.63) is 24.0 Å². The highest BCUT2D eigenvalue weighted by molar-refractivity contribution is 5.87. The van der Waals surface area contributed by atoms with Crippen LogP contribution in [0.2, 0.25) is 0 Å². The summed E-state index contributed by atoms with van der Waals surface area (Å²) in [5.41, 5.74) is 0.258. The summed E-state index contributed by atoms with van der Waals surface area (Å²) in [6.45, 7) is 2.43. The van der Waals surface area contributed by atoms with Crippen molar-refractivity contribution in [3.63, 3.8) is 0 Å². The second-order valence-corrected chi connectivity index (χ2v) is 2.30. The summed E-state index contributed by atoms with van der Waals surface area (Å²) in [6.07, 6.45) is 1.51. The summed E-state index contributed by atoms with van der Waals surface area (Å²) in [5.74, 6) is 0.166. The Balaban J connectivity index is 2.85. The van der Waals surface area contributed by atoms with E-state index in [1.54, 1.807) is 12.1 Å². The summed E-state index contributed by atoms with van der Waals surface area (Å²) in [7, 11) is 1.32. The summed E-state index contributed by atoms with van der Waals surface area (Å²) in [4.78, 5) is 14.9. The van der Waals surface area contributed by atoms with Gasteiger partial charge in [0.05, 0.1) is 13.7 Å². The van der Waals surface area contributed by atoms with Crippen LogP contribution in [0, 0.1) is 0 Å². The highest BCUT2D eigenvalue weighted by Gasteiger charge is 2.07. The molecule has 4 nitrogen and oxygen atoms in total. The molecular weight excluding hydrogens is 170 g/mol. The van der Waals surface area contributed by atoms with Crippen molar-refractivity contribution in [3.8, 4) is 5.75 Å². The van der Waals surface area contributed by atoms with Crippen molar-refractivity contribution in [2.24, 2.45) is 0 Å². The summed E-state index contributed by atoms with van der Waals surface area (Å²) >= 11 is 0. The second-order valence-electron chi connectivity index (χ2n) is 2.30. The number of carbonyl (C=O) groups excluding carboxylic acids is 1. The Bertz CT molecular complexity index is 299. The fourth-order valence-electron chi connectivity index (χ4n) is 0.884. The van der Waals surface area contributed by atoms with E-state index in [0.717, 1.165) is 0 Å². The zero-order chi connectivity index (χ0) is 9.68. The largest absolute Gasteiger partial charge is 0.494 e. The molecule has 0 unspecified atom stereocenters. The molecule has 0 aliphatic heterocycles. The molecule has 1 aromatic heterocycles. The first-order valence-electron chi connectivity index (χ1n) is 3.95. The van der Waals surface area contributed by atoms with Crippen molar-refractivity contribution in [1.82, 2.24) is 4.98 Å². The van der Waals surface area contributed by atoms with Gasteiger partial charge in [0, 0.05) is 12.3 Å². The van der Waals surface area contributed by atoms with Crippen molar-refractivity contribution >= 4 is 5.97 Å². The van der Waals surface area contributed by atoms with Gasteiger partial charge >= 0.3 is 5.97 Å². The van der Waals surface area contributed by atoms with E-state index < -0.39 is 5.97 Å². The molecule has 0 aliphatic rings. The molecule has 1 aromatic rings. The number of carbonyl (C=O) groups is 1. The molecule has 0 saturated carbocycles. The fraction of sp³-hybridized carbons (Fsp3) is 0.333. The average molecular weight is 181 g/mol. The normalized spacial score (nSPS) is 9.38. The molecule has 13 heavy (non-hydrogen) atoms. The molecule has 0 N–H and O–H groups in total. The van der Waals surface area contributed by atoms with Gasteiger partial charge in [-0.3, -0.25) is 0 Å². The van der Waals surface area contributed by atoms with Gasteiger partial charge in [-0.2, -0.15) is 0 Å². The minimum atomic E-state index is -0.457. The van der Waals surface area contributed by atoms with Crippen LogP contribution >= 0.6 is 0 Å². The standard InChI is InChI=1S/C9H11NO3/c1-3-13-7-4-5-10-8(6-7)9(11)12-2/h4-6H,3H2,1-2H3. The Kier molecular flexibility index (Phi) is 3.25. The zero-order valence-electron chi connectivity index (χ0n) is 7.61. The predicted octanol–water partition coefficient (Wildman–Crippen LogP) is 1.27. The molecule has 0 saturated heterocycles. The first-order valence-corrected chi connectivity index (χ1v) is 3.95. The Morgan fingerprint density at radius 1 is 1.62 bits per heavy atom. The highest BCUT2D eigenvalue weighted by atomic mass is 16.5. The lowest BCUT2D eigenvalue weighted by Gasteiger charge is -2.03. The molecule has 0 atom stereocenters. The molecule has 0 spiro atoms. The third-order valence-electron chi connectivity index (χ3n) is 1.44. The first-order chi connectivity index (χ1) is 6.27. The average Bonchev–Trinajstić information content (AvgIpc) is 2.18. The van der Waals surface area contributed by atoms with Crippen molar-refractivity contribution in [2.75, 3.05) is 13.7 Å². The third kappa shape index (κ3) is 2.43. The third-order valence-corrected chi connectivity index (χ3v) is 1.44. The van der Waals surface area contributed by atoms with Crippen LogP contribution in [-0.4, -0.2) is 24.7 Å². The van der Waals surface area contributed by atoms with Gasteiger partial charge < -0.3 is 9.47 Å². The van der Waals surface area contributed by atoms with Gasteiger partial charge in [-0.05, 0) is 13.0 Å². The van der Waals surface area contributed by atoms with Gasteiger partial charge in [0.25, 0.3) is 0 Å². The number of ether oxygens (including phenoxy) is 2. The van der Waals surface area contributed by atoms with Gasteiger partial charge in [-0.25, -0.2) is 9.78 Å². The molecule has 4 heteroatoms. The summed E-state index contributed by atoms with van der Waals surface area (Å²) < 4.78 is 9.71. The van der Waals surface area contributed by atoms with Gasteiger partial charge in [-0.1, -0.05) is 0 Å². The maximum absolute atomic E-state index is 11.0. The maximum Gasteiger partial charge on any atom is 0.356 e. The van der Waals surface area contributed by atoms with Crippen molar-refractivity contribution in [2.45, 2.75) is 6.92 Å². The highest BCUT2D eigenvalue weighted by Crippen LogP contribution is 2.11. The van der Waals surface area contributed by atoms with Gasteiger partial charge in [0.15, 0.2) is 5.69 Å². The minimum absolute atomic E-state index is 0.258. The quantitative estimate of drug-likeness (QED) is 0.659. The fourth-order valence-corrected chi connectivity index (χ4v) is 0.884. The van der Waals surface area contributed by atoms with Crippen LogP contribution in [0.5, 0.6) is 5.75 Å². The van der Waals surface area contributed by atoms with Crippen molar-refractivity contribution in [1.29, 1.82) is 0 Å². The first kappa shape index (κ1) is 9.51. The smallest absolute Gasteiger partial charge is 0.356 e. The lowest BCUT2D eigenvalue weighted by molar-refractivity contribution is 0.0593. The Morgan fingerprint density at radius 3 is 3.00 bits per heavy atom.